The van der Waals surface area contributed by atoms with E-state index in [9.17, 15) is 4.79 Å². The molecule has 0 spiro atoms. The van der Waals surface area contributed by atoms with Gasteiger partial charge < -0.3 is 13.8 Å². The second-order valence-electron chi connectivity index (χ2n) is 7.44. The van der Waals surface area contributed by atoms with Gasteiger partial charge in [-0.05, 0) is 31.2 Å². The van der Waals surface area contributed by atoms with Gasteiger partial charge in [-0.3, -0.25) is 10.1 Å². The van der Waals surface area contributed by atoms with Crippen LogP contribution in [0.3, 0.4) is 0 Å². The van der Waals surface area contributed by atoms with Crippen LogP contribution in [0.5, 0.6) is 5.75 Å². The zero-order chi connectivity index (χ0) is 21.0. The summed E-state index contributed by atoms with van der Waals surface area (Å²) in [6.07, 6.45) is 0. The fraction of sp³-hybridized carbons (Fsp3) is 0.400. The molecule has 0 bridgehead atoms. The number of carbonyl (C=O) groups excluding carboxylic acids is 1. The highest BCUT2D eigenvalue weighted by atomic mass is 32.2. The molecule has 8 nitrogen and oxygen atoms in total. The highest BCUT2D eigenvalue weighted by Gasteiger charge is 2.20. The highest BCUT2D eigenvalue weighted by Crippen LogP contribution is 2.26. The number of amides is 1. The van der Waals surface area contributed by atoms with E-state index in [1.54, 1.807) is 13.2 Å². The molecule has 2 heterocycles. The van der Waals surface area contributed by atoms with Crippen LogP contribution in [0.2, 0.25) is 0 Å². The van der Waals surface area contributed by atoms with E-state index in [2.05, 4.69) is 20.7 Å². The van der Waals surface area contributed by atoms with Crippen LogP contribution in [-0.2, 0) is 16.8 Å². The molecule has 0 atom stereocenters. The maximum atomic E-state index is 12.3. The molecule has 0 aliphatic carbocycles. The SMILES string of the molecule is CCn1c(SCC(=O)Nc2cc(C(C)(C)C)no2)nnc1-c1ccc(OC)cc1. The van der Waals surface area contributed by atoms with E-state index in [0.29, 0.717) is 17.6 Å². The molecule has 0 unspecified atom stereocenters. The first kappa shape index (κ1) is 20.9. The first-order chi connectivity index (χ1) is 13.8. The summed E-state index contributed by atoms with van der Waals surface area (Å²) in [6.45, 7) is 8.80. The first-order valence-corrected chi connectivity index (χ1v) is 10.3. The van der Waals surface area contributed by atoms with E-state index >= 15 is 0 Å². The third-order valence-electron chi connectivity index (χ3n) is 4.25. The number of hydrogen-bond acceptors (Lipinski definition) is 7. The second-order valence-corrected chi connectivity index (χ2v) is 8.38. The quantitative estimate of drug-likeness (QED) is 0.583. The number of methoxy groups -OCH3 is 1. The van der Waals surface area contributed by atoms with Crippen molar-refractivity contribution in [2.24, 2.45) is 0 Å². The molecule has 1 aromatic carbocycles. The van der Waals surface area contributed by atoms with Crippen LogP contribution in [0.25, 0.3) is 11.4 Å². The molecule has 1 N–H and O–H groups in total. The Labute approximate surface area is 174 Å². The van der Waals surface area contributed by atoms with Gasteiger partial charge in [0.05, 0.1) is 18.6 Å². The molecule has 0 radical (unpaired) electrons. The number of hydrogen-bond donors (Lipinski definition) is 1. The van der Waals surface area contributed by atoms with Crippen LogP contribution in [0, 0.1) is 0 Å². The van der Waals surface area contributed by atoms with Crippen molar-refractivity contribution in [1.82, 2.24) is 19.9 Å². The molecule has 2 aromatic heterocycles. The summed E-state index contributed by atoms with van der Waals surface area (Å²) in [5.74, 6) is 1.87. The van der Waals surface area contributed by atoms with Gasteiger partial charge in [0.15, 0.2) is 11.0 Å². The lowest BCUT2D eigenvalue weighted by atomic mass is 9.92. The first-order valence-electron chi connectivity index (χ1n) is 9.29. The Hall–Kier alpha value is -2.81. The van der Waals surface area contributed by atoms with Gasteiger partial charge in [0.2, 0.25) is 11.8 Å². The molecule has 29 heavy (non-hydrogen) atoms. The minimum atomic E-state index is -0.191. The van der Waals surface area contributed by atoms with Gasteiger partial charge in [0.25, 0.3) is 0 Å². The number of anilines is 1. The van der Waals surface area contributed by atoms with Crippen LogP contribution < -0.4 is 10.1 Å². The maximum absolute atomic E-state index is 12.3. The number of nitrogens with zero attached hydrogens (tertiary/aromatic N) is 4. The summed E-state index contributed by atoms with van der Waals surface area (Å²) in [6, 6.07) is 9.39. The Morgan fingerprint density at radius 2 is 1.97 bits per heavy atom. The van der Waals surface area contributed by atoms with Gasteiger partial charge in [0, 0.05) is 23.6 Å². The summed E-state index contributed by atoms with van der Waals surface area (Å²) in [5, 5.41) is 16.0. The van der Waals surface area contributed by atoms with Crippen molar-refractivity contribution in [3.63, 3.8) is 0 Å². The average Bonchev–Trinajstić information content (AvgIpc) is 3.33. The fourth-order valence-corrected chi connectivity index (χ4v) is 3.43. The molecule has 9 heteroatoms. The molecular formula is C20H25N5O3S. The predicted octanol–water partition coefficient (Wildman–Crippen LogP) is 3.99. The Bertz CT molecular complexity index is 973. The Morgan fingerprint density at radius 3 is 2.55 bits per heavy atom. The topological polar surface area (TPSA) is 95.1 Å². The van der Waals surface area contributed by atoms with Crippen molar-refractivity contribution >= 4 is 23.6 Å². The largest absolute Gasteiger partial charge is 0.497 e. The standard InChI is InChI=1S/C20H25N5O3S/c1-6-25-18(13-7-9-14(27-5)10-8-13)22-23-19(25)29-12-16(26)21-17-11-15(24-28-17)20(2,3)4/h7-11H,6,12H2,1-5H3,(H,21,26). The van der Waals surface area contributed by atoms with Crippen molar-refractivity contribution < 1.29 is 14.1 Å². The normalized spacial score (nSPS) is 11.5. The summed E-state index contributed by atoms with van der Waals surface area (Å²) < 4.78 is 12.4. The van der Waals surface area contributed by atoms with Crippen LogP contribution >= 0.6 is 11.8 Å². The van der Waals surface area contributed by atoms with E-state index in [4.69, 9.17) is 9.26 Å². The highest BCUT2D eigenvalue weighted by molar-refractivity contribution is 7.99. The predicted molar refractivity (Wildman–Crippen MR) is 112 cm³/mol. The van der Waals surface area contributed by atoms with E-state index in [1.165, 1.54) is 11.8 Å². The van der Waals surface area contributed by atoms with Crippen LogP contribution in [0.4, 0.5) is 5.88 Å². The Kier molecular flexibility index (Phi) is 6.26. The van der Waals surface area contributed by atoms with Crippen molar-refractivity contribution in [3.8, 4) is 17.1 Å². The van der Waals surface area contributed by atoms with Crippen molar-refractivity contribution in [2.45, 2.75) is 44.8 Å². The van der Waals surface area contributed by atoms with Crippen molar-refractivity contribution in [1.29, 1.82) is 0 Å². The lowest BCUT2D eigenvalue weighted by molar-refractivity contribution is -0.113. The van der Waals surface area contributed by atoms with Gasteiger partial charge in [-0.15, -0.1) is 10.2 Å². The average molecular weight is 416 g/mol. The Morgan fingerprint density at radius 1 is 1.24 bits per heavy atom. The van der Waals surface area contributed by atoms with Crippen molar-refractivity contribution in [3.05, 3.63) is 36.0 Å². The monoisotopic (exact) mass is 415 g/mol. The number of benzene rings is 1. The van der Waals surface area contributed by atoms with Gasteiger partial charge in [-0.25, -0.2) is 0 Å². The minimum absolute atomic E-state index is 0.142. The van der Waals surface area contributed by atoms with Gasteiger partial charge >= 0.3 is 0 Å². The molecular weight excluding hydrogens is 390 g/mol. The third-order valence-corrected chi connectivity index (χ3v) is 5.22. The minimum Gasteiger partial charge on any atom is -0.497 e. The van der Waals surface area contributed by atoms with E-state index in [1.807, 2.05) is 56.5 Å². The van der Waals surface area contributed by atoms with Gasteiger partial charge in [-0.2, -0.15) is 0 Å². The molecule has 1 amide bonds. The van der Waals surface area contributed by atoms with Gasteiger partial charge in [-0.1, -0.05) is 37.7 Å². The fourth-order valence-electron chi connectivity index (χ4n) is 2.63. The number of carbonyl (C=O) groups is 1. The maximum Gasteiger partial charge on any atom is 0.237 e. The van der Waals surface area contributed by atoms with E-state index < -0.39 is 0 Å². The van der Waals surface area contributed by atoms with Crippen LogP contribution in [0.15, 0.2) is 40.0 Å². The van der Waals surface area contributed by atoms with Gasteiger partial charge in [0.1, 0.15) is 5.75 Å². The lowest BCUT2D eigenvalue weighted by Crippen LogP contribution is -2.14. The van der Waals surface area contributed by atoms with E-state index in [0.717, 1.165) is 22.8 Å². The summed E-state index contributed by atoms with van der Waals surface area (Å²) in [7, 11) is 1.63. The smallest absolute Gasteiger partial charge is 0.237 e. The molecule has 3 aromatic rings. The summed E-state index contributed by atoms with van der Waals surface area (Å²) in [5.41, 5.74) is 1.58. The summed E-state index contributed by atoms with van der Waals surface area (Å²) >= 11 is 1.33. The zero-order valence-electron chi connectivity index (χ0n) is 17.2. The molecule has 0 fully saturated rings. The van der Waals surface area contributed by atoms with Crippen molar-refractivity contribution in [2.75, 3.05) is 18.2 Å². The number of nitrogens with one attached hydrogen (secondary N) is 1. The number of ether oxygens (including phenoxy) is 1. The summed E-state index contributed by atoms with van der Waals surface area (Å²) in [4.78, 5) is 12.3. The molecule has 0 saturated heterocycles. The Balaban J connectivity index is 1.65. The number of rotatable bonds is 7. The number of thioether (sulfide) groups is 1. The second kappa shape index (κ2) is 8.69. The molecule has 0 saturated carbocycles. The van der Waals surface area contributed by atoms with E-state index in [-0.39, 0.29) is 17.1 Å². The zero-order valence-corrected chi connectivity index (χ0v) is 18.0. The molecule has 0 aliphatic heterocycles. The van der Waals surface area contributed by atoms with Crippen LogP contribution in [0.1, 0.15) is 33.4 Å². The third kappa shape index (κ3) is 4.97. The number of aromatic nitrogens is 4. The lowest BCUT2D eigenvalue weighted by Gasteiger charge is -2.12. The molecule has 0 aliphatic rings. The molecule has 154 valence electrons. The van der Waals surface area contributed by atoms with Crippen LogP contribution in [-0.4, -0.2) is 38.7 Å². The molecule has 3 rings (SSSR count).